The summed E-state index contributed by atoms with van der Waals surface area (Å²) in [6.07, 6.45) is 2.59. The smallest absolute Gasteiger partial charge is 0.0149 e. The van der Waals surface area contributed by atoms with Gasteiger partial charge in [0.2, 0.25) is 0 Å². The summed E-state index contributed by atoms with van der Waals surface area (Å²) < 4.78 is 5.68. The van der Waals surface area contributed by atoms with Crippen molar-refractivity contribution in [3.8, 4) is 0 Å². The quantitative estimate of drug-likeness (QED) is 0.410. The molecule has 0 saturated carbocycles. The summed E-state index contributed by atoms with van der Waals surface area (Å²) >= 11 is -1.97. The normalized spacial score (nSPS) is 17.6. The SMILES string of the molecule is CCCC[NH][Ti+2]([CH3])([CH3])[C]1=C(C)C(C)=C(C)C1C.[Cl-].[Cl-].[SiH4]. The third kappa shape index (κ3) is 5.62. The molecule has 1 aliphatic rings. The number of hydrogen-bond donors (Lipinski definition) is 1. The molecule has 0 fully saturated rings. The fourth-order valence-corrected chi connectivity index (χ4v) is 8.38. The minimum atomic E-state index is -1.97. The first-order valence-corrected chi connectivity index (χ1v) is 11.7. The van der Waals surface area contributed by atoms with Crippen LogP contribution in [-0.4, -0.2) is 17.5 Å². The Morgan fingerprint density at radius 3 is 1.90 bits per heavy atom. The molecule has 20 heavy (non-hydrogen) atoms. The van der Waals surface area contributed by atoms with E-state index >= 15 is 0 Å². The first kappa shape index (κ1) is 25.9. The first-order chi connectivity index (χ1) is 7.83. The van der Waals surface area contributed by atoms with E-state index in [9.17, 15) is 0 Å². The second kappa shape index (κ2) is 10.6. The molecule has 0 spiro atoms. The molecule has 0 amide bonds. The molecule has 0 aliphatic heterocycles. The van der Waals surface area contributed by atoms with Gasteiger partial charge in [0.05, 0.1) is 0 Å². The predicted octanol–water partition coefficient (Wildman–Crippen LogP) is -2.64. The molecule has 120 valence electrons. The van der Waals surface area contributed by atoms with E-state index in [2.05, 4.69) is 48.9 Å². The molecule has 1 atom stereocenters. The zero-order valence-electron chi connectivity index (χ0n) is 13.5. The molecular formula is C15H33Cl2NSiTi. The average molecular weight is 374 g/mol. The van der Waals surface area contributed by atoms with E-state index in [0.29, 0.717) is 5.92 Å². The monoisotopic (exact) mass is 373 g/mol. The molecule has 0 saturated heterocycles. The fourth-order valence-electron chi connectivity index (χ4n) is 3.05. The predicted molar refractivity (Wildman–Crippen MR) is 86.2 cm³/mol. The van der Waals surface area contributed by atoms with Crippen LogP contribution in [0.1, 0.15) is 47.5 Å². The molecule has 1 N–H and O–H groups in total. The van der Waals surface area contributed by atoms with E-state index in [1.54, 1.807) is 20.6 Å². The van der Waals surface area contributed by atoms with Gasteiger partial charge in [-0.1, -0.05) is 0 Å². The van der Waals surface area contributed by atoms with Crippen molar-refractivity contribution in [3.05, 3.63) is 20.6 Å². The summed E-state index contributed by atoms with van der Waals surface area (Å²) in [6, 6.07) is 0. The van der Waals surface area contributed by atoms with Crippen molar-refractivity contribution in [1.29, 1.82) is 0 Å². The van der Waals surface area contributed by atoms with Crippen molar-refractivity contribution in [3.63, 3.8) is 0 Å². The van der Waals surface area contributed by atoms with Crippen molar-refractivity contribution in [2.45, 2.75) is 57.9 Å². The fraction of sp³-hybridized carbons (Fsp3) is 0.733. The van der Waals surface area contributed by atoms with Crippen LogP contribution in [0.15, 0.2) is 20.6 Å². The van der Waals surface area contributed by atoms with E-state index in [1.807, 2.05) is 0 Å². The third-order valence-electron chi connectivity index (χ3n) is 4.41. The Balaban J connectivity index is -0.000000963. The topological polar surface area (TPSA) is 12.0 Å². The van der Waals surface area contributed by atoms with Gasteiger partial charge in [0, 0.05) is 0 Å². The molecule has 1 rings (SSSR count). The molecule has 0 aromatic heterocycles. The number of halogens is 2. The van der Waals surface area contributed by atoms with Gasteiger partial charge in [-0.3, -0.25) is 0 Å². The number of rotatable bonds is 5. The van der Waals surface area contributed by atoms with Gasteiger partial charge in [0.15, 0.2) is 0 Å². The van der Waals surface area contributed by atoms with Gasteiger partial charge in [-0.2, -0.15) is 0 Å². The maximum absolute atomic E-state index is 3.91. The van der Waals surface area contributed by atoms with Gasteiger partial charge in [0.25, 0.3) is 0 Å². The van der Waals surface area contributed by atoms with Crippen molar-refractivity contribution < 1.29 is 41.7 Å². The number of unbranched alkanes of at least 4 members (excludes halogenated alkanes) is 1. The second-order valence-electron chi connectivity index (χ2n) is 5.97. The minimum absolute atomic E-state index is 0. The largest absolute Gasteiger partial charge is 1.00 e. The maximum Gasteiger partial charge on any atom is -0.0149 e. The second-order valence-corrected chi connectivity index (χ2v) is 12.4. The minimum Gasteiger partial charge on any atom is -1.00 e. The Morgan fingerprint density at radius 2 is 1.55 bits per heavy atom. The van der Waals surface area contributed by atoms with Gasteiger partial charge in [0.1, 0.15) is 0 Å². The molecule has 0 heterocycles. The molecule has 1 unspecified atom stereocenters. The van der Waals surface area contributed by atoms with Crippen LogP contribution in [0.25, 0.3) is 0 Å². The molecule has 0 bridgehead atoms. The van der Waals surface area contributed by atoms with Crippen LogP contribution in [-0.2, 0) is 16.8 Å². The van der Waals surface area contributed by atoms with E-state index in [4.69, 9.17) is 0 Å². The van der Waals surface area contributed by atoms with Crippen molar-refractivity contribution in [2.24, 2.45) is 5.92 Å². The zero-order valence-corrected chi connectivity index (χ0v) is 16.5. The van der Waals surface area contributed by atoms with Crippen LogP contribution in [0.2, 0.25) is 10.5 Å². The summed E-state index contributed by atoms with van der Waals surface area (Å²) in [7, 11) is 0. The van der Waals surface area contributed by atoms with Crippen LogP contribution in [0.3, 0.4) is 0 Å². The summed E-state index contributed by atoms with van der Waals surface area (Å²) in [5.74, 6) is 0.680. The third-order valence-corrected chi connectivity index (χ3v) is 9.55. The van der Waals surface area contributed by atoms with Crippen LogP contribution in [0.4, 0.5) is 0 Å². The van der Waals surface area contributed by atoms with Crippen molar-refractivity contribution in [2.75, 3.05) is 6.54 Å². The van der Waals surface area contributed by atoms with Crippen molar-refractivity contribution in [1.82, 2.24) is 3.80 Å². The maximum atomic E-state index is 3.91. The van der Waals surface area contributed by atoms with Crippen LogP contribution >= 0.6 is 0 Å². The van der Waals surface area contributed by atoms with Gasteiger partial charge < -0.3 is 24.8 Å². The Hall–Kier alpha value is 0.951. The van der Waals surface area contributed by atoms with Gasteiger partial charge in [-0.15, -0.1) is 0 Å². The summed E-state index contributed by atoms with van der Waals surface area (Å²) in [6.45, 7) is 12.8. The van der Waals surface area contributed by atoms with Crippen LogP contribution < -0.4 is 28.6 Å². The van der Waals surface area contributed by atoms with Crippen LogP contribution in [0.5, 0.6) is 0 Å². The molecule has 0 aromatic rings. The van der Waals surface area contributed by atoms with Crippen molar-refractivity contribution >= 4 is 11.0 Å². The average Bonchev–Trinajstić information content (AvgIpc) is 2.44. The van der Waals surface area contributed by atoms with E-state index in [0.717, 1.165) is 0 Å². The van der Waals surface area contributed by atoms with E-state index in [-0.39, 0.29) is 35.8 Å². The van der Waals surface area contributed by atoms with Gasteiger partial charge in [-0.05, 0) is 11.0 Å². The zero-order chi connectivity index (χ0) is 13.2. The number of allylic oxidation sites excluding steroid dienone is 4. The Morgan fingerprint density at radius 1 is 1.05 bits per heavy atom. The number of hydrogen-bond acceptors (Lipinski definition) is 1. The Labute approximate surface area is 147 Å². The first-order valence-electron chi connectivity index (χ1n) is 6.97. The molecular weight excluding hydrogens is 341 g/mol. The summed E-state index contributed by atoms with van der Waals surface area (Å²) in [5, 5.41) is 5.02. The summed E-state index contributed by atoms with van der Waals surface area (Å²) in [4.78, 5) is 0. The summed E-state index contributed by atoms with van der Waals surface area (Å²) in [5.41, 5.74) is 4.72. The Bertz CT molecular complexity index is 365. The molecule has 0 aromatic carbocycles. The molecule has 1 aliphatic carbocycles. The van der Waals surface area contributed by atoms with Gasteiger partial charge in [-0.25, -0.2) is 0 Å². The number of nitrogens with one attached hydrogen (secondary N) is 1. The standard InChI is InChI=1S/C9H13.C4H10N.2CH3.2ClH.H4Si.Ti/c1-6-5-7(2)9(4)8(6)3;1-2-3-4-5;;;;;;/h6H,1-4H3;5H,2-4H2,1H3;2*1H3;2*1H;1H4;/q;-1;;;;;;+3/p-2. The van der Waals surface area contributed by atoms with E-state index in [1.165, 1.54) is 19.4 Å². The molecule has 0 radical (unpaired) electrons. The Kier molecular flexibility index (Phi) is 13.8. The van der Waals surface area contributed by atoms with Crippen LogP contribution in [0, 0.1) is 5.92 Å². The molecule has 1 nitrogen and oxygen atoms in total. The van der Waals surface area contributed by atoms with E-state index < -0.39 is 16.8 Å². The van der Waals surface area contributed by atoms with Gasteiger partial charge >= 0.3 is 112 Å². The molecule has 5 heteroatoms.